The zero-order chi connectivity index (χ0) is 12.3. The second-order valence-corrected chi connectivity index (χ2v) is 6.23. The average Bonchev–Trinajstić information content (AvgIpc) is 2.42. The van der Waals surface area contributed by atoms with Crippen molar-refractivity contribution < 1.29 is 9.53 Å². The quantitative estimate of drug-likeness (QED) is 0.457. The van der Waals surface area contributed by atoms with Crippen LogP contribution in [0.4, 0.5) is 4.79 Å². The van der Waals surface area contributed by atoms with Gasteiger partial charge < -0.3 is 10.1 Å². The van der Waals surface area contributed by atoms with E-state index in [1.165, 1.54) is 11.0 Å². The van der Waals surface area contributed by atoms with Gasteiger partial charge in [-0.25, -0.2) is 9.10 Å². The summed E-state index contributed by atoms with van der Waals surface area (Å²) in [6.07, 6.45) is 0.600. The van der Waals surface area contributed by atoms with Crippen molar-refractivity contribution in [3.05, 3.63) is 0 Å². The van der Waals surface area contributed by atoms with Crippen molar-refractivity contribution in [1.82, 2.24) is 9.62 Å². The molecule has 0 saturated carbocycles. The molecule has 1 rings (SSSR count). The summed E-state index contributed by atoms with van der Waals surface area (Å²) in [6, 6.07) is 0.590. The molecule has 1 aliphatic rings. The fourth-order valence-electron chi connectivity index (χ4n) is 1.69. The van der Waals surface area contributed by atoms with Gasteiger partial charge in [0.1, 0.15) is 5.60 Å². The topological polar surface area (TPSA) is 41.6 Å². The number of thiol groups is 1. The van der Waals surface area contributed by atoms with E-state index in [4.69, 9.17) is 4.74 Å². The van der Waals surface area contributed by atoms with Crippen LogP contribution in [0.2, 0.25) is 0 Å². The highest BCUT2D eigenvalue weighted by Crippen LogP contribution is 2.27. The molecule has 1 saturated heterocycles. The SMILES string of the molecule is C[C@H]1C[C@@H](NC(=O)OC(C)(C)C)CN1SS. The lowest BCUT2D eigenvalue weighted by Gasteiger charge is -2.21. The first-order chi connectivity index (χ1) is 7.31. The monoisotopic (exact) mass is 264 g/mol. The van der Waals surface area contributed by atoms with Crippen molar-refractivity contribution >= 4 is 28.7 Å². The molecule has 4 nitrogen and oxygen atoms in total. The number of hydrogen-bond acceptors (Lipinski definition) is 5. The molecule has 1 N–H and O–H groups in total. The number of hydrogen-bond donors (Lipinski definition) is 2. The van der Waals surface area contributed by atoms with E-state index in [9.17, 15) is 4.79 Å². The molecule has 1 fully saturated rings. The van der Waals surface area contributed by atoms with Crippen LogP contribution in [-0.2, 0) is 4.74 Å². The Balaban J connectivity index is 2.36. The summed E-state index contributed by atoms with van der Waals surface area (Å²) in [7, 11) is 1.42. The third kappa shape index (κ3) is 4.43. The molecule has 1 aliphatic heterocycles. The van der Waals surface area contributed by atoms with Gasteiger partial charge in [0, 0.05) is 18.6 Å². The van der Waals surface area contributed by atoms with Crippen LogP contribution >= 0.6 is 22.6 Å². The molecular weight excluding hydrogens is 244 g/mol. The standard InChI is InChI=1S/C10H20N2O2S2/c1-7-5-8(6-12(7)16-15)11-9(13)14-10(2,3)4/h7-8,15H,5-6H2,1-4H3,(H,11,13)/t7-,8+/m0/s1. The fraction of sp³-hybridized carbons (Fsp3) is 0.900. The predicted molar refractivity (Wildman–Crippen MR) is 70.5 cm³/mol. The van der Waals surface area contributed by atoms with E-state index < -0.39 is 5.60 Å². The van der Waals surface area contributed by atoms with Crippen LogP contribution in [0.15, 0.2) is 0 Å². The van der Waals surface area contributed by atoms with E-state index in [2.05, 4.69) is 28.2 Å². The maximum absolute atomic E-state index is 11.5. The van der Waals surface area contributed by atoms with Crippen molar-refractivity contribution in [3.63, 3.8) is 0 Å². The third-order valence-corrected chi connectivity index (χ3v) is 3.69. The molecule has 0 unspecified atom stereocenters. The minimum atomic E-state index is -0.438. The lowest BCUT2D eigenvalue weighted by atomic mass is 10.2. The van der Waals surface area contributed by atoms with Crippen LogP contribution in [0.3, 0.4) is 0 Å². The van der Waals surface area contributed by atoms with Gasteiger partial charge in [0.05, 0.1) is 0 Å². The van der Waals surface area contributed by atoms with Crippen molar-refractivity contribution in [1.29, 1.82) is 0 Å². The molecule has 6 heteroatoms. The molecule has 0 bridgehead atoms. The first-order valence-corrected chi connectivity index (χ1v) is 7.22. The van der Waals surface area contributed by atoms with Gasteiger partial charge in [-0.2, -0.15) is 0 Å². The molecule has 0 radical (unpaired) electrons. The Bertz CT molecular complexity index is 256. The second kappa shape index (κ2) is 5.51. The molecule has 2 atom stereocenters. The van der Waals surface area contributed by atoms with Crippen molar-refractivity contribution in [2.75, 3.05) is 6.54 Å². The summed E-state index contributed by atoms with van der Waals surface area (Å²) in [4.78, 5) is 11.5. The second-order valence-electron chi connectivity index (χ2n) is 5.11. The average molecular weight is 264 g/mol. The number of carbonyl (C=O) groups is 1. The van der Waals surface area contributed by atoms with Crippen LogP contribution < -0.4 is 5.32 Å². The molecule has 94 valence electrons. The molecule has 1 heterocycles. The first kappa shape index (κ1) is 14.0. The van der Waals surface area contributed by atoms with E-state index in [-0.39, 0.29) is 12.1 Å². The van der Waals surface area contributed by atoms with Gasteiger partial charge in [-0.05, 0) is 45.1 Å². The van der Waals surface area contributed by atoms with Crippen LogP contribution in [0, 0.1) is 0 Å². The van der Waals surface area contributed by atoms with Gasteiger partial charge in [0.15, 0.2) is 0 Å². The highest BCUT2D eigenvalue weighted by molar-refractivity contribution is 8.67. The minimum absolute atomic E-state index is 0.157. The van der Waals surface area contributed by atoms with E-state index in [0.717, 1.165) is 13.0 Å². The van der Waals surface area contributed by atoms with Crippen LogP contribution in [0.25, 0.3) is 0 Å². The van der Waals surface area contributed by atoms with Crippen LogP contribution in [0.1, 0.15) is 34.1 Å². The molecule has 0 aliphatic carbocycles. The fourth-order valence-corrected chi connectivity index (χ4v) is 2.87. The first-order valence-electron chi connectivity index (χ1n) is 5.39. The number of alkyl carbamates (subject to hydrolysis) is 1. The lowest BCUT2D eigenvalue weighted by Crippen LogP contribution is -2.40. The van der Waals surface area contributed by atoms with E-state index in [1.807, 2.05) is 20.8 Å². The molecule has 16 heavy (non-hydrogen) atoms. The summed E-state index contributed by atoms with van der Waals surface area (Å²) in [5.41, 5.74) is -0.438. The van der Waals surface area contributed by atoms with Gasteiger partial charge in [0.2, 0.25) is 0 Å². The van der Waals surface area contributed by atoms with Gasteiger partial charge in [-0.15, -0.1) is 0 Å². The summed E-state index contributed by atoms with van der Waals surface area (Å²) >= 11 is 4.17. The predicted octanol–water partition coefficient (Wildman–Crippen LogP) is 2.47. The molecule has 0 aromatic rings. The van der Waals surface area contributed by atoms with Crippen molar-refractivity contribution in [2.45, 2.75) is 51.8 Å². The molecule has 0 spiro atoms. The van der Waals surface area contributed by atoms with Crippen LogP contribution in [-0.4, -0.2) is 34.6 Å². The highest BCUT2D eigenvalue weighted by atomic mass is 33.1. The Morgan fingerprint density at radius 1 is 1.56 bits per heavy atom. The number of carbonyl (C=O) groups excluding carboxylic acids is 1. The van der Waals surface area contributed by atoms with E-state index >= 15 is 0 Å². The molecule has 1 amide bonds. The van der Waals surface area contributed by atoms with Gasteiger partial charge in [-0.1, -0.05) is 11.7 Å². The third-order valence-electron chi connectivity index (χ3n) is 2.34. The van der Waals surface area contributed by atoms with Crippen molar-refractivity contribution in [3.8, 4) is 0 Å². The molecule has 0 aromatic carbocycles. The maximum atomic E-state index is 11.5. The zero-order valence-electron chi connectivity index (χ0n) is 10.2. The van der Waals surface area contributed by atoms with Gasteiger partial charge in [-0.3, -0.25) is 0 Å². The Hall–Kier alpha value is -0.0700. The zero-order valence-corrected chi connectivity index (χ0v) is 11.9. The Morgan fingerprint density at radius 3 is 2.62 bits per heavy atom. The van der Waals surface area contributed by atoms with Crippen molar-refractivity contribution in [2.24, 2.45) is 0 Å². The number of ether oxygens (including phenoxy) is 1. The van der Waals surface area contributed by atoms with Gasteiger partial charge in [0.25, 0.3) is 0 Å². The number of nitrogens with zero attached hydrogens (tertiary/aromatic N) is 1. The summed E-state index contributed by atoms with van der Waals surface area (Å²) in [6.45, 7) is 8.52. The molecular formula is C10H20N2O2S2. The summed E-state index contributed by atoms with van der Waals surface area (Å²) in [5, 5.41) is 2.88. The summed E-state index contributed by atoms with van der Waals surface area (Å²) < 4.78 is 7.35. The number of nitrogens with one attached hydrogen (secondary N) is 1. The minimum Gasteiger partial charge on any atom is -0.444 e. The van der Waals surface area contributed by atoms with E-state index in [1.54, 1.807) is 0 Å². The number of rotatable bonds is 2. The normalized spacial score (nSPS) is 26.8. The smallest absolute Gasteiger partial charge is 0.407 e. The maximum Gasteiger partial charge on any atom is 0.407 e. The van der Waals surface area contributed by atoms with E-state index in [0.29, 0.717) is 6.04 Å². The highest BCUT2D eigenvalue weighted by Gasteiger charge is 2.31. The van der Waals surface area contributed by atoms with Gasteiger partial charge >= 0.3 is 6.09 Å². The number of amides is 1. The van der Waals surface area contributed by atoms with Crippen LogP contribution in [0.5, 0.6) is 0 Å². The summed E-state index contributed by atoms with van der Waals surface area (Å²) in [5.74, 6) is 0. The lowest BCUT2D eigenvalue weighted by molar-refractivity contribution is 0.0507. The Kier molecular flexibility index (Phi) is 4.82. The Labute approximate surface area is 106 Å². The largest absolute Gasteiger partial charge is 0.444 e. The Morgan fingerprint density at radius 2 is 2.19 bits per heavy atom. The molecule has 0 aromatic heterocycles.